The van der Waals surface area contributed by atoms with Crippen LogP contribution in [0.2, 0.25) is 0 Å². The van der Waals surface area contributed by atoms with Crippen LogP contribution in [0.3, 0.4) is 0 Å². The first kappa shape index (κ1) is 12.8. The predicted octanol–water partition coefficient (Wildman–Crippen LogP) is 3.98. The summed E-state index contributed by atoms with van der Waals surface area (Å²) in [7, 11) is 0. The Hall–Kier alpha value is -1.68. The number of hydrogen-bond acceptors (Lipinski definition) is 2. The van der Waals surface area contributed by atoms with Crippen molar-refractivity contribution in [3.8, 4) is 5.75 Å². The smallest absolute Gasteiger partial charge is 0.165 e. The number of carbonyl (C=O) groups excluding carboxylic acids is 1. The van der Waals surface area contributed by atoms with Gasteiger partial charge in [0.05, 0.1) is 0 Å². The van der Waals surface area contributed by atoms with E-state index >= 15 is 0 Å². The first-order valence-corrected chi connectivity index (χ1v) is 6.11. The zero-order valence-corrected chi connectivity index (χ0v) is 11.0. The third kappa shape index (κ3) is 2.96. The summed E-state index contributed by atoms with van der Waals surface area (Å²) in [6, 6.07) is 11.7. The molecule has 0 saturated carbocycles. The molecule has 0 saturated heterocycles. The van der Waals surface area contributed by atoms with Crippen LogP contribution in [0.4, 0.5) is 4.39 Å². The molecule has 0 aliphatic carbocycles. The largest absolute Gasteiger partial charge is 0.486 e. The monoisotopic (exact) mass is 308 g/mol. The molecule has 0 atom stereocenters. The molecule has 0 bridgehead atoms. The molecular formula is C14H10BrFO2. The number of ether oxygens (including phenoxy) is 1. The molecular weight excluding hydrogens is 299 g/mol. The van der Waals surface area contributed by atoms with E-state index in [-0.39, 0.29) is 12.4 Å². The summed E-state index contributed by atoms with van der Waals surface area (Å²) in [5, 5.41) is 0. The van der Waals surface area contributed by atoms with E-state index in [2.05, 4.69) is 15.9 Å². The average molecular weight is 309 g/mol. The number of aldehydes is 1. The van der Waals surface area contributed by atoms with Crippen LogP contribution in [0.5, 0.6) is 5.75 Å². The lowest BCUT2D eigenvalue weighted by atomic mass is 10.2. The second-order valence-electron chi connectivity index (χ2n) is 3.69. The summed E-state index contributed by atoms with van der Waals surface area (Å²) in [4.78, 5) is 10.5. The maximum absolute atomic E-state index is 13.5. The molecule has 0 heterocycles. The minimum atomic E-state index is -0.536. The standard InChI is InChI=1S/C14H10BrFO2/c15-12-4-2-1-3-11(12)9-18-14-6-5-10(8-17)7-13(14)16/h1-8H,9H2. The summed E-state index contributed by atoms with van der Waals surface area (Å²) in [5.41, 5.74) is 1.22. The van der Waals surface area contributed by atoms with E-state index in [1.807, 2.05) is 24.3 Å². The van der Waals surface area contributed by atoms with Crippen molar-refractivity contribution >= 4 is 22.2 Å². The lowest BCUT2D eigenvalue weighted by molar-refractivity contribution is 0.112. The summed E-state index contributed by atoms with van der Waals surface area (Å²) in [6.45, 7) is 0.263. The Morgan fingerprint density at radius 2 is 2.00 bits per heavy atom. The topological polar surface area (TPSA) is 26.3 Å². The Labute approximate surface area is 113 Å². The van der Waals surface area contributed by atoms with E-state index in [0.717, 1.165) is 16.1 Å². The predicted molar refractivity (Wildman–Crippen MR) is 70.3 cm³/mol. The van der Waals surface area contributed by atoms with Crippen molar-refractivity contribution < 1.29 is 13.9 Å². The van der Waals surface area contributed by atoms with Crippen molar-refractivity contribution in [2.24, 2.45) is 0 Å². The molecule has 4 heteroatoms. The molecule has 0 radical (unpaired) electrons. The zero-order valence-electron chi connectivity index (χ0n) is 9.40. The highest BCUT2D eigenvalue weighted by Gasteiger charge is 2.06. The summed E-state index contributed by atoms with van der Waals surface area (Å²) >= 11 is 3.39. The molecule has 2 aromatic rings. The fraction of sp³-hybridized carbons (Fsp3) is 0.0714. The molecule has 0 aliphatic rings. The quantitative estimate of drug-likeness (QED) is 0.799. The number of benzene rings is 2. The maximum Gasteiger partial charge on any atom is 0.165 e. The molecule has 0 unspecified atom stereocenters. The molecule has 2 nitrogen and oxygen atoms in total. The van der Waals surface area contributed by atoms with Gasteiger partial charge >= 0.3 is 0 Å². The molecule has 0 aliphatic heterocycles. The van der Waals surface area contributed by atoms with E-state index < -0.39 is 5.82 Å². The zero-order chi connectivity index (χ0) is 13.0. The van der Waals surface area contributed by atoms with Gasteiger partial charge in [0.25, 0.3) is 0 Å². The Balaban J connectivity index is 2.11. The van der Waals surface area contributed by atoms with Crippen LogP contribution >= 0.6 is 15.9 Å². The van der Waals surface area contributed by atoms with E-state index in [1.165, 1.54) is 12.1 Å². The number of carbonyl (C=O) groups is 1. The van der Waals surface area contributed by atoms with Crippen LogP contribution in [-0.2, 0) is 6.61 Å². The molecule has 0 N–H and O–H groups in total. The molecule has 0 fully saturated rings. The van der Waals surface area contributed by atoms with Gasteiger partial charge in [0, 0.05) is 15.6 Å². The van der Waals surface area contributed by atoms with Crippen LogP contribution in [0, 0.1) is 5.82 Å². The molecule has 18 heavy (non-hydrogen) atoms. The number of hydrogen-bond donors (Lipinski definition) is 0. The third-order valence-electron chi connectivity index (χ3n) is 2.43. The second-order valence-corrected chi connectivity index (χ2v) is 4.54. The van der Waals surface area contributed by atoms with E-state index in [0.29, 0.717) is 11.8 Å². The lowest BCUT2D eigenvalue weighted by Crippen LogP contribution is -1.98. The molecule has 2 aromatic carbocycles. The maximum atomic E-state index is 13.5. The van der Waals surface area contributed by atoms with Gasteiger partial charge in [-0.25, -0.2) is 4.39 Å². The normalized spacial score (nSPS) is 10.1. The molecule has 92 valence electrons. The van der Waals surface area contributed by atoms with Crippen molar-refractivity contribution in [2.45, 2.75) is 6.61 Å². The van der Waals surface area contributed by atoms with Crippen molar-refractivity contribution in [3.05, 3.63) is 63.9 Å². The first-order chi connectivity index (χ1) is 8.70. The van der Waals surface area contributed by atoms with E-state index in [4.69, 9.17) is 4.74 Å². The second kappa shape index (κ2) is 5.78. The van der Waals surface area contributed by atoms with Crippen LogP contribution in [0.25, 0.3) is 0 Å². The number of rotatable bonds is 4. The van der Waals surface area contributed by atoms with Crippen LogP contribution < -0.4 is 4.74 Å². The van der Waals surface area contributed by atoms with Crippen molar-refractivity contribution in [3.63, 3.8) is 0 Å². The summed E-state index contributed by atoms with van der Waals surface area (Å²) in [6.07, 6.45) is 0.598. The van der Waals surface area contributed by atoms with E-state index in [1.54, 1.807) is 0 Å². The fourth-order valence-electron chi connectivity index (χ4n) is 1.48. The Morgan fingerprint density at radius 1 is 1.22 bits per heavy atom. The minimum absolute atomic E-state index is 0.136. The lowest BCUT2D eigenvalue weighted by Gasteiger charge is -2.08. The van der Waals surface area contributed by atoms with Crippen molar-refractivity contribution in [2.75, 3.05) is 0 Å². The van der Waals surface area contributed by atoms with Crippen molar-refractivity contribution in [1.82, 2.24) is 0 Å². The van der Waals surface area contributed by atoms with Gasteiger partial charge in [0.2, 0.25) is 0 Å². The number of halogens is 2. The van der Waals surface area contributed by atoms with Gasteiger partial charge in [-0.05, 0) is 24.3 Å². The minimum Gasteiger partial charge on any atom is -0.486 e. The SMILES string of the molecule is O=Cc1ccc(OCc2ccccc2Br)c(F)c1. The van der Waals surface area contributed by atoms with Gasteiger partial charge in [-0.15, -0.1) is 0 Å². The summed E-state index contributed by atoms with van der Waals surface area (Å²) in [5.74, 6) is -0.400. The van der Waals surface area contributed by atoms with Crippen LogP contribution in [0.15, 0.2) is 46.9 Å². The Kier molecular flexibility index (Phi) is 4.10. The molecule has 0 spiro atoms. The van der Waals surface area contributed by atoms with Crippen LogP contribution in [-0.4, -0.2) is 6.29 Å². The summed E-state index contributed by atoms with van der Waals surface area (Å²) < 4.78 is 19.8. The molecule has 2 rings (SSSR count). The van der Waals surface area contributed by atoms with Crippen LogP contribution in [0.1, 0.15) is 15.9 Å². The van der Waals surface area contributed by atoms with Crippen molar-refractivity contribution in [1.29, 1.82) is 0 Å². The Morgan fingerprint density at radius 3 is 2.67 bits per heavy atom. The van der Waals surface area contributed by atoms with Gasteiger partial charge in [0.1, 0.15) is 12.9 Å². The fourth-order valence-corrected chi connectivity index (χ4v) is 1.88. The van der Waals surface area contributed by atoms with E-state index in [9.17, 15) is 9.18 Å². The van der Waals surface area contributed by atoms with Gasteiger partial charge in [-0.1, -0.05) is 34.1 Å². The van der Waals surface area contributed by atoms with Gasteiger partial charge in [0.15, 0.2) is 11.6 Å². The van der Waals surface area contributed by atoms with Gasteiger partial charge < -0.3 is 4.74 Å². The molecule has 0 amide bonds. The van der Waals surface area contributed by atoms with Gasteiger partial charge in [-0.2, -0.15) is 0 Å². The molecule has 0 aromatic heterocycles. The highest BCUT2D eigenvalue weighted by atomic mass is 79.9. The Bertz CT molecular complexity index is 569. The highest BCUT2D eigenvalue weighted by molar-refractivity contribution is 9.10. The first-order valence-electron chi connectivity index (χ1n) is 5.31. The van der Waals surface area contributed by atoms with Gasteiger partial charge in [-0.3, -0.25) is 4.79 Å². The third-order valence-corrected chi connectivity index (χ3v) is 3.21. The highest BCUT2D eigenvalue weighted by Crippen LogP contribution is 2.21. The average Bonchev–Trinajstić information content (AvgIpc) is 2.39.